The van der Waals surface area contributed by atoms with E-state index in [2.05, 4.69) is 21.2 Å². The highest BCUT2D eigenvalue weighted by atomic mass is 79.9. The van der Waals surface area contributed by atoms with Crippen LogP contribution in [-0.2, 0) is 17.8 Å². The van der Waals surface area contributed by atoms with Gasteiger partial charge >= 0.3 is 0 Å². The molecule has 4 nitrogen and oxygen atoms in total. The molecule has 3 aromatic rings. The van der Waals surface area contributed by atoms with Gasteiger partial charge in [0.1, 0.15) is 24.0 Å². The predicted octanol–water partition coefficient (Wildman–Crippen LogP) is 6.79. The number of ether oxygens (including phenoxy) is 1. The molecule has 0 saturated heterocycles. The van der Waals surface area contributed by atoms with Crippen LogP contribution in [0, 0.1) is 11.3 Å². The Morgan fingerprint density at radius 1 is 1.13 bits per heavy atom. The van der Waals surface area contributed by atoms with Crippen LogP contribution in [0.3, 0.4) is 0 Å². The minimum Gasteiger partial charge on any atom is -0.487 e. The van der Waals surface area contributed by atoms with Gasteiger partial charge in [0.25, 0.3) is 5.91 Å². The predicted molar refractivity (Wildman–Crippen MR) is 128 cm³/mol. The molecule has 0 unspecified atom stereocenters. The number of halogens is 2. The largest absolute Gasteiger partial charge is 0.487 e. The van der Waals surface area contributed by atoms with E-state index in [4.69, 9.17) is 16.3 Å². The number of carbonyl (C=O) groups is 1. The molecule has 3 rings (SSSR count). The number of aryl methyl sites for hydroxylation is 1. The molecule has 3 aromatic carbocycles. The summed E-state index contributed by atoms with van der Waals surface area (Å²) in [4.78, 5) is 12.6. The number of anilines is 1. The molecule has 0 radical (unpaired) electrons. The van der Waals surface area contributed by atoms with Gasteiger partial charge in [0.15, 0.2) is 0 Å². The molecule has 1 N–H and O–H groups in total. The molecule has 0 atom stereocenters. The number of para-hydroxylation sites is 1. The molecule has 0 fully saturated rings. The number of nitrogens with one attached hydrogen (secondary N) is 1. The molecule has 156 valence electrons. The Morgan fingerprint density at radius 2 is 1.84 bits per heavy atom. The second-order valence-corrected chi connectivity index (χ2v) is 7.97. The molecule has 0 heterocycles. The molecule has 1 amide bonds. The molecule has 6 heteroatoms. The van der Waals surface area contributed by atoms with Crippen molar-refractivity contribution in [2.75, 3.05) is 5.32 Å². The van der Waals surface area contributed by atoms with E-state index in [1.165, 1.54) is 6.08 Å². The highest BCUT2D eigenvalue weighted by Crippen LogP contribution is 2.28. The fourth-order valence-electron chi connectivity index (χ4n) is 2.95. The molecular formula is C25H20BrClN2O2. The van der Waals surface area contributed by atoms with Crippen molar-refractivity contribution in [2.24, 2.45) is 0 Å². The summed E-state index contributed by atoms with van der Waals surface area (Å²) >= 11 is 9.85. The van der Waals surface area contributed by atoms with Crippen LogP contribution in [0.5, 0.6) is 5.75 Å². The molecule has 31 heavy (non-hydrogen) atoms. The third-order valence-electron chi connectivity index (χ3n) is 4.62. The van der Waals surface area contributed by atoms with E-state index >= 15 is 0 Å². The summed E-state index contributed by atoms with van der Waals surface area (Å²) in [5.41, 5.74) is 3.32. The van der Waals surface area contributed by atoms with Crippen LogP contribution in [0.15, 0.2) is 76.8 Å². The number of nitrogens with zero attached hydrogens (tertiary/aromatic N) is 1. The quantitative estimate of drug-likeness (QED) is 0.290. The molecule has 0 aliphatic heterocycles. The zero-order chi connectivity index (χ0) is 22.2. The van der Waals surface area contributed by atoms with E-state index in [9.17, 15) is 10.1 Å². The van der Waals surface area contributed by atoms with E-state index in [-0.39, 0.29) is 5.57 Å². The number of rotatable bonds is 7. The highest BCUT2D eigenvalue weighted by Gasteiger charge is 2.12. The van der Waals surface area contributed by atoms with Crippen molar-refractivity contribution < 1.29 is 9.53 Å². The Balaban J connectivity index is 1.74. The fourth-order valence-corrected chi connectivity index (χ4v) is 3.59. The second kappa shape index (κ2) is 10.8. The zero-order valence-corrected chi connectivity index (χ0v) is 19.2. The number of hydrogen-bond donors (Lipinski definition) is 1. The lowest BCUT2D eigenvalue weighted by Crippen LogP contribution is -2.14. The minimum atomic E-state index is -0.464. The second-order valence-electron chi connectivity index (χ2n) is 6.70. The van der Waals surface area contributed by atoms with Crippen LogP contribution in [0.2, 0.25) is 5.02 Å². The Hall–Kier alpha value is -3.07. The Labute approximate surface area is 195 Å². The van der Waals surface area contributed by atoms with Crippen molar-refractivity contribution >= 4 is 45.2 Å². The lowest BCUT2D eigenvalue weighted by atomic mass is 10.1. The van der Waals surface area contributed by atoms with Gasteiger partial charge in [-0.3, -0.25) is 4.79 Å². The van der Waals surface area contributed by atoms with Gasteiger partial charge in [0, 0.05) is 15.7 Å². The van der Waals surface area contributed by atoms with Crippen LogP contribution in [0.1, 0.15) is 23.6 Å². The van der Waals surface area contributed by atoms with Gasteiger partial charge in [-0.1, -0.05) is 76.9 Å². The van der Waals surface area contributed by atoms with E-state index in [0.717, 1.165) is 22.0 Å². The average Bonchev–Trinajstić information content (AvgIpc) is 2.78. The van der Waals surface area contributed by atoms with Gasteiger partial charge in [-0.2, -0.15) is 5.26 Å². The molecule has 0 aromatic heterocycles. The number of carbonyl (C=O) groups excluding carboxylic acids is 1. The molecule has 0 bridgehead atoms. The summed E-state index contributed by atoms with van der Waals surface area (Å²) in [6.07, 6.45) is 2.28. The smallest absolute Gasteiger partial charge is 0.266 e. The van der Waals surface area contributed by atoms with Gasteiger partial charge < -0.3 is 10.1 Å². The summed E-state index contributed by atoms with van der Waals surface area (Å²) in [5, 5.41) is 12.7. The normalized spacial score (nSPS) is 11.0. The van der Waals surface area contributed by atoms with Crippen molar-refractivity contribution in [3.8, 4) is 11.8 Å². The van der Waals surface area contributed by atoms with E-state index in [1.54, 1.807) is 18.2 Å². The van der Waals surface area contributed by atoms with Crippen molar-refractivity contribution in [3.05, 3.63) is 98.5 Å². The summed E-state index contributed by atoms with van der Waals surface area (Å²) in [5.74, 6) is 0.0585. The molecule has 0 spiro atoms. The standard InChI is InChI=1S/C25H20BrClN2O2/c1-2-18-7-4-6-10-23(18)29-25(30)20(15-28)13-17-11-12-24(22(27)14-17)31-16-19-8-3-5-9-21(19)26/h3-14H,2,16H2,1H3,(H,29,30)/b20-13+. The van der Waals surface area contributed by atoms with Crippen LogP contribution >= 0.6 is 27.5 Å². The number of hydrogen-bond acceptors (Lipinski definition) is 3. The Bertz CT molecular complexity index is 1170. The lowest BCUT2D eigenvalue weighted by Gasteiger charge is -2.10. The number of benzene rings is 3. The third-order valence-corrected chi connectivity index (χ3v) is 5.69. The van der Waals surface area contributed by atoms with Crippen molar-refractivity contribution in [1.82, 2.24) is 0 Å². The maximum Gasteiger partial charge on any atom is 0.266 e. The lowest BCUT2D eigenvalue weighted by molar-refractivity contribution is -0.112. The first-order valence-electron chi connectivity index (χ1n) is 9.68. The minimum absolute atomic E-state index is 0.0103. The first kappa shape index (κ1) is 22.6. The molecule has 0 saturated carbocycles. The first-order chi connectivity index (χ1) is 15.0. The van der Waals surface area contributed by atoms with Crippen LogP contribution < -0.4 is 10.1 Å². The summed E-state index contributed by atoms with van der Waals surface area (Å²) < 4.78 is 6.77. The Morgan fingerprint density at radius 3 is 2.52 bits per heavy atom. The van der Waals surface area contributed by atoms with Crippen molar-refractivity contribution in [1.29, 1.82) is 5.26 Å². The van der Waals surface area contributed by atoms with E-state index in [1.807, 2.05) is 61.5 Å². The molecule has 0 aliphatic carbocycles. The van der Waals surface area contributed by atoms with Crippen molar-refractivity contribution in [3.63, 3.8) is 0 Å². The van der Waals surface area contributed by atoms with E-state index in [0.29, 0.717) is 28.6 Å². The van der Waals surface area contributed by atoms with Crippen LogP contribution in [-0.4, -0.2) is 5.91 Å². The topological polar surface area (TPSA) is 62.1 Å². The zero-order valence-electron chi connectivity index (χ0n) is 16.9. The summed E-state index contributed by atoms with van der Waals surface area (Å²) in [6, 6.07) is 22.4. The molecular weight excluding hydrogens is 476 g/mol. The van der Waals surface area contributed by atoms with Gasteiger partial charge in [0.2, 0.25) is 0 Å². The van der Waals surface area contributed by atoms with Gasteiger partial charge in [-0.05, 0) is 47.9 Å². The monoisotopic (exact) mass is 494 g/mol. The number of nitriles is 1. The van der Waals surface area contributed by atoms with Crippen LogP contribution in [0.25, 0.3) is 6.08 Å². The third kappa shape index (κ3) is 5.97. The fraction of sp³-hybridized carbons (Fsp3) is 0.120. The van der Waals surface area contributed by atoms with Crippen molar-refractivity contribution in [2.45, 2.75) is 20.0 Å². The number of amides is 1. The molecule has 0 aliphatic rings. The van der Waals surface area contributed by atoms with Gasteiger partial charge in [-0.15, -0.1) is 0 Å². The van der Waals surface area contributed by atoms with E-state index < -0.39 is 5.91 Å². The highest BCUT2D eigenvalue weighted by molar-refractivity contribution is 9.10. The summed E-state index contributed by atoms with van der Waals surface area (Å²) in [7, 11) is 0. The maximum absolute atomic E-state index is 12.6. The van der Waals surface area contributed by atoms with Gasteiger partial charge in [0.05, 0.1) is 5.02 Å². The SMILES string of the molecule is CCc1ccccc1NC(=O)/C(C#N)=C/c1ccc(OCc2ccccc2Br)c(Cl)c1. The summed E-state index contributed by atoms with van der Waals surface area (Å²) in [6.45, 7) is 2.37. The average molecular weight is 496 g/mol. The Kier molecular flexibility index (Phi) is 7.88. The van der Waals surface area contributed by atoms with Crippen LogP contribution in [0.4, 0.5) is 5.69 Å². The van der Waals surface area contributed by atoms with Gasteiger partial charge in [-0.25, -0.2) is 0 Å². The maximum atomic E-state index is 12.6. The first-order valence-corrected chi connectivity index (χ1v) is 10.9.